The molecular weight excluding hydrogens is 360 g/mol. The lowest BCUT2D eigenvalue weighted by Crippen LogP contribution is -2.12. The van der Waals surface area contributed by atoms with Gasteiger partial charge in [-0.2, -0.15) is 0 Å². The first-order chi connectivity index (χ1) is 13.3. The van der Waals surface area contributed by atoms with E-state index in [9.17, 15) is 9.90 Å². The summed E-state index contributed by atoms with van der Waals surface area (Å²) in [6, 6.07) is 12.6. The maximum atomic E-state index is 10.6. The molecule has 1 N–H and O–H groups in total. The molecule has 0 spiro atoms. The van der Waals surface area contributed by atoms with Crippen LogP contribution in [0.2, 0.25) is 0 Å². The molecule has 0 amide bonds. The van der Waals surface area contributed by atoms with Crippen LogP contribution in [0.15, 0.2) is 48.2 Å². The summed E-state index contributed by atoms with van der Waals surface area (Å²) >= 11 is 0. The van der Waals surface area contributed by atoms with Crippen LogP contribution in [-0.2, 0) is 21.4 Å². The first-order valence-corrected chi connectivity index (χ1v) is 10.1. The van der Waals surface area contributed by atoms with Crippen molar-refractivity contribution in [1.82, 2.24) is 0 Å². The number of rotatable bonds is 2. The number of phenols is 1. The number of aryl methyl sites for hydroxylation is 2. The van der Waals surface area contributed by atoms with E-state index in [4.69, 9.17) is 0 Å². The Balaban J connectivity index is 0.000000278. The molecule has 29 heavy (non-hydrogen) atoms. The van der Waals surface area contributed by atoms with Crippen LogP contribution in [0.5, 0.6) is 5.75 Å². The van der Waals surface area contributed by atoms with Gasteiger partial charge < -0.3 is 9.84 Å². The molecule has 2 aromatic carbocycles. The maximum absolute atomic E-state index is 10.6. The summed E-state index contributed by atoms with van der Waals surface area (Å²) in [7, 11) is 0. The summed E-state index contributed by atoms with van der Waals surface area (Å²) in [6.07, 6.45) is 2.60. The quantitative estimate of drug-likeness (QED) is 0.475. The Morgan fingerprint density at radius 2 is 1.59 bits per heavy atom. The average molecular weight is 395 g/mol. The summed E-state index contributed by atoms with van der Waals surface area (Å²) in [5, 5.41) is 10.6. The van der Waals surface area contributed by atoms with E-state index in [0.717, 1.165) is 17.5 Å². The molecule has 0 saturated carbocycles. The second kappa shape index (κ2) is 8.44. The predicted octanol–water partition coefficient (Wildman–Crippen LogP) is 6.37. The van der Waals surface area contributed by atoms with E-state index in [-0.39, 0.29) is 16.8 Å². The standard InChI is InChI=1S/C19H24O.C7H10O2/c1-13-7-6-8-15(9-13)12-16-10-14(2)11-17(18(16)20)19(3,4)5;1-7(2,3)4-5-6(8)9-5/h6-11,20H,12H2,1-5H3;4H,1-3H3. The molecule has 1 saturated heterocycles. The first kappa shape index (κ1) is 22.7. The van der Waals surface area contributed by atoms with Crippen LogP contribution >= 0.6 is 0 Å². The van der Waals surface area contributed by atoms with Gasteiger partial charge >= 0.3 is 5.97 Å². The molecule has 0 bridgehead atoms. The third-order valence-electron chi connectivity index (χ3n) is 4.54. The Bertz CT molecular complexity index is 922. The van der Waals surface area contributed by atoms with Crippen molar-refractivity contribution >= 4 is 5.97 Å². The molecule has 1 fully saturated rings. The molecule has 0 atom stereocenters. The van der Waals surface area contributed by atoms with Gasteiger partial charge in [0.2, 0.25) is 5.76 Å². The van der Waals surface area contributed by atoms with Crippen molar-refractivity contribution in [1.29, 1.82) is 0 Å². The van der Waals surface area contributed by atoms with E-state index in [1.807, 2.05) is 26.8 Å². The lowest BCUT2D eigenvalue weighted by atomic mass is 9.83. The van der Waals surface area contributed by atoms with Crippen LogP contribution < -0.4 is 0 Å². The lowest BCUT2D eigenvalue weighted by Gasteiger charge is -2.23. The molecule has 156 valence electrons. The Labute approximate surface area is 175 Å². The molecule has 2 aromatic rings. The number of carbonyl (C=O) groups is 1. The average Bonchev–Trinajstić information content (AvgIpc) is 3.22. The highest BCUT2D eigenvalue weighted by Crippen LogP contribution is 2.35. The fraction of sp³-hybridized carbons (Fsp3) is 0.423. The number of hydrogen-bond donors (Lipinski definition) is 1. The normalized spacial score (nSPS) is 14.9. The highest BCUT2D eigenvalue weighted by atomic mass is 16.6. The largest absolute Gasteiger partial charge is 0.507 e. The molecule has 0 aromatic heterocycles. The first-order valence-electron chi connectivity index (χ1n) is 10.1. The van der Waals surface area contributed by atoms with Crippen molar-refractivity contribution in [3.05, 3.63) is 76.1 Å². The number of phenolic OH excluding ortho intramolecular Hbond substituents is 1. The molecule has 3 heteroatoms. The number of carbonyl (C=O) groups excluding carboxylic acids is 1. The van der Waals surface area contributed by atoms with Crippen molar-refractivity contribution in [3.8, 4) is 5.75 Å². The number of cyclic esters (lactones) is 1. The summed E-state index contributed by atoms with van der Waals surface area (Å²) in [5.41, 5.74) is 5.76. The van der Waals surface area contributed by atoms with Gasteiger partial charge in [-0.3, -0.25) is 0 Å². The Hall–Kier alpha value is -2.55. The molecule has 3 rings (SSSR count). The Kier molecular flexibility index (Phi) is 6.62. The number of epoxide rings is 1. The van der Waals surface area contributed by atoms with E-state index in [2.05, 4.69) is 75.8 Å². The second-order valence-corrected chi connectivity index (χ2v) is 10.0. The fourth-order valence-electron chi connectivity index (χ4n) is 3.16. The lowest BCUT2D eigenvalue weighted by molar-refractivity contribution is -0.117. The van der Waals surface area contributed by atoms with E-state index in [1.54, 1.807) is 0 Å². The summed E-state index contributed by atoms with van der Waals surface area (Å²) in [6.45, 7) is 16.7. The van der Waals surface area contributed by atoms with E-state index in [1.165, 1.54) is 16.7 Å². The number of ether oxygens (including phenoxy) is 1. The Morgan fingerprint density at radius 1 is 0.966 bits per heavy atom. The van der Waals surface area contributed by atoms with Crippen molar-refractivity contribution in [2.45, 2.75) is 67.2 Å². The highest BCUT2D eigenvalue weighted by Gasteiger charge is 2.31. The summed E-state index contributed by atoms with van der Waals surface area (Å²) < 4.78 is 4.52. The molecule has 3 nitrogen and oxygen atoms in total. The van der Waals surface area contributed by atoms with Gasteiger partial charge in [0.1, 0.15) is 5.75 Å². The van der Waals surface area contributed by atoms with Crippen LogP contribution in [0.25, 0.3) is 0 Å². The van der Waals surface area contributed by atoms with Crippen molar-refractivity contribution in [2.75, 3.05) is 0 Å². The fourth-order valence-corrected chi connectivity index (χ4v) is 3.16. The second-order valence-electron chi connectivity index (χ2n) is 10.0. The van der Waals surface area contributed by atoms with E-state index in [0.29, 0.717) is 11.5 Å². The SMILES string of the molecule is CC(C)(C)C=C1OC1=O.Cc1cccc(Cc2cc(C)cc(C(C)(C)C)c2O)c1. The molecule has 1 heterocycles. The van der Waals surface area contributed by atoms with E-state index >= 15 is 0 Å². The molecular formula is C26H34O3. The van der Waals surface area contributed by atoms with Gasteiger partial charge in [0.15, 0.2) is 0 Å². The molecule has 0 aliphatic carbocycles. The van der Waals surface area contributed by atoms with Crippen LogP contribution in [0.3, 0.4) is 0 Å². The third-order valence-corrected chi connectivity index (χ3v) is 4.54. The zero-order valence-corrected chi connectivity index (χ0v) is 19.0. The van der Waals surface area contributed by atoms with Gasteiger partial charge in [0.25, 0.3) is 0 Å². The van der Waals surface area contributed by atoms with Gasteiger partial charge in [-0.05, 0) is 47.4 Å². The van der Waals surface area contributed by atoms with Crippen LogP contribution in [0.4, 0.5) is 0 Å². The van der Waals surface area contributed by atoms with Crippen molar-refractivity contribution in [2.24, 2.45) is 5.41 Å². The van der Waals surface area contributed by atoms with Crippen LogP contribution in [0.1, 0.15) is 69.4 Å². The monoisotopic (exact) mass is 394 g/mol. The van der Waals surface area contributed by atoms with Gasteiger partial charge in [-0.25, -0.2) is 4.79 Å². The van der Waals surface area contributed by atoms with Crippen LogP contribution in [-0.4, -0.2) is 11.1 Å². The minimum Gasteiger partial charge on any atom is -0.507 e. The number of aromatic hydroxyl groups is 1. The minimum absolute atomic E-state index is 0.0442. The molecule has 0 radical (unpaired) electrons. The van der Waals surface area contributed by atoms with Gasteiger partial charge in [-0.1, -0.05) is 89.1 Å². The zero-order valence-electron chi connectivity index (χ0n) is 19.0. The van der Waals surface area contributed by atoms with Crippen molar-refractivity contribution < 1.29 is 14.6 Å². The predicted molar refractivity (Wildman–Crippen MR) is 119 cm³/mol. The van der Waals surface area contributed by atoms with Gasteiger partial charge in [-0.15, -0.1) is 0 Å². The van der Waals surface area contributed by atoms with Gasteiger partial charge in [0, 0.05) is 6.42 Å². The zero-order chi connectivity index (χ0) is 22.0. The highest BCUT2D eigenvalue weighted by molar-refractivity contribution is 6.00. The molecule has 1 aliphatic heterocycles. The van der Waals surface area contributed by atoms with Crippen LogP contribution in [0, 0.1) is 19.3 Å². The van der Waals surface area contributed by atoms with E-state index < -0.39 is 0 Å². The topological polar surface area (TPSA) is 49.8 Å². The summed E-state index contributed by atoms with van der Waals surface area (Å²) in [5.74, 6) is 0.789. The maximum Gasteiger partial charge on any atom is 0.379 e. The number of benzene rings is 2. The molecule has 1 aliphatic rings. The molecule has 0 unspecified atom stereocenters. The smallest absolute Gasteiger partial charge is 0.379 e. The third kappa shape index (κ3) is 7.08. The minimum atomic E-state index is -0.176. The Morgan fingerprint density at radius 3 is 2.03 bits per heavy atom. The number of allylic oxidation sites excluding steroid dienone is 1. The van der Waals surface area contributed by atoms with Gasteiger partial charge in [0.05, 0.1) is 0 Å². The summed E-state index contributed by atoms with van der Waals surface area (Å²) in [4.78, 5) is 10.3. The number of hydrogen-bond acceptors (Lipinski definition) is 3. The van der Waals surface area contributed by atoms with Crippen molar-refractivity contribution in [3.63, 3.8) is 0 Å².